The second-order valence-corrected chi connectivity index (χ2v) is 8.16. The SMILES string of the molecule is O=C(c1ccc2nc(C(F)F)[nH]c2c1)N1CCN(Cc2nc(-c3cccs3)no2)CC1. The Morgan fingerprint density at radius 3 is 2.77 bits per heavy atom. The molecule has 1 aliphatic heterocycles. The number of thiophene rings is 1. The Morgan fingerprint density at radius 1 is 1.19 bits per heavy atom. The van der Waals surface area contributed by atoms with Crippen LogP contribution in [0.3, 0.4) is 0 Å². The normalized spacial score (nSPS) is 15.3. The van der Waals surface area contributed by atoms with Gasteiger partial charge in [0.1, 0.15) is 0 Å². The van der Waals surface area contributed by atoms with Gasteiger partial charge in [0.05, 0.1) is 22.5 Å². The molecular formula is C20H18F2N6O2S. The smallest absolute Gasteiger partial charge is 0.295 e. The number of carbonyl (C=O) groups excluding carboxylic acids is 1. The lowest BCUT2D eigenvalue weighted by atomic mass is 10.1. The topological polar surface area (TPSA) is 91.2 Å². The molecule has 0 radical (unpaired) electrons. The predicted molar refractivity (Wildman–Crippen MR) is 110 cm³/mol. The Kier molecular flexibility index (Phi) is 5.20. The molecule has 0 unspecified atom stereocenters. The van der Waals surface area contributed by atoms with E-state index < -0.39 is 12.2 Å². The number of carbonyl (C=O) groups is 1. The maximum Gasteiger partial charge on any atom is 0.295 e. The monoisotopic (exact) mass is 444 g/mol. The number of halogens is 2. The minimum atomic E-state index is -2.68. The molecule has 5 rings (SSSR count). The quantitative estimate of drug-likeness (QED) is 0.506. The molecule has 1 saturated heterocycles. The summed E-state index contributed by atoms with van der Waals surface area (Å²) >= 11 is 1.55. The van der Waals surface area contributed by atoms with Crippen molar-refractivity contribution in [1.29, 1.82) is 0 Å². The van der Waals surface area contributed by atoms with Crippen LogP contribution >= 0.6 is 11.3 Å². The van der Waals surface area contributed by atoms with Gasteiger partial charge in [-0.05, 0) is 29.6 Å². The number of aromatic nitrogens is 4. The van der Waals surface area contributed by atoms with Crippen LogP contribution in [0.2, 0.25) is 0 Å². The third kappa shape index (κ3) is 4.06. The maximum atomic E-state index is 12.9. The Bertz CT molecular complexity index is 1200. The molecule has 0 saturated carbocycles. The first-order valence-electron chi connectivity index (χ1n) is 9.73. The van der Waals surface area contributed by atoms with E-state index in [1.807, 2.05) is 17.5 Å². The molecule has 1 fully saturated rings. The third-order valence-corrected chi connectivity index (χ3v) is 6.05. The number of nitrogens with one attached hydrogen (secondary N) is 1. The standard InChI is InChI=1S/C20H18F2N6O2S/c21-17(22)19-23-13-4-3-12(10-14(13)24-19)20(29)28-7-5-27(6-8-28)11-16-25-18(26-30-16)15-2-1-9-31-15/h1-4,9-10,17H,5-8,11H2,(H,23,24). The van der Waals surface area contributed by atoms with Crippen molar-refractivity contribution in [3.05, 3.63) is 53.0 Å². The number of hydrogen-bond donors (Lipinski definition) is 1. The van der Waals surface area contributed by atoms with E-state index in [9.17, 15) is 13.6 Å². The average Bonchev–Trinajstić information content (AvgIpc) is 3.53. The average molecular weight is 444 g/mol. The zero-order chi connectivity index (χ0) is 21.4. The number of fused-ring (bicyclic) bond motifs is 1. The molecule has 31 heavy (non-hydrogen) atoms. The molecule has 4 aromatic rings. The molecule has 160 valence electrons. The van der Waals surface area contributed by atoms with Crippen LogP contribution in [0, 0.1) is 0 Å². The van der Waals surface area contributed by atoms with Crippen LogP contribution in [0.25, 0.3) is 21.7 Å². The lowest BCUT2D eigenvalue weighted by Gasteiger charge is -2.34. The summed E-state index contributed by atoms with van der Waals surface area (Å²) in [5.41, 5.74) is 1.29. The highest BCUT2D eigenvalue weighted by molar-refractivity contribution is 7.13. The van der Waals surface area contributed by atoms with Crippen molar-refractivity contribution in [1.82, 2.24) is 29.9 Å². The Balaban J connectivity index is 1.20. The summed E-state index contributed by atoms with van der Waals surface area (Å²) in [7, 11) is 0. The number of aromatic amines is 1. The zero-order valence-electron chi connectivity index (χ0n) is 16.3. The lowest BCUT2D eigenvalue weighted by Crippen LogP contribution is -2.48. The Morgan fingerprint density at radius 2 is 2.03 bits per heavy atom. The predicted octanol–water partition coefficient (Wildman–Crippen LogP) is 3.57. The first-order chi connectivity index (χ1) is 15.1. The molecule has 0 aliphatic carbocycles. The Labute approximate surface area is 179 Å². The number of imidazole rings is 1. The highest BCUT2D eigenvalue weighted by Gasteiger charge is 2.24. The molecule has 1 aromatic carbocycles. The molecule has 3 aromatic heterocycles. The van der Waals surface area contributed by atoms with Crippen LogP contribution in [0.5, 0.6) is 0 Å². The molecule has 1 amide bonds. The van der Waals surface area contributed by atoms with Crippen molar-refractivity contribution >= 4 is 28.3 Å². The van der Waals surface area contributed by atoms with Crippen LogP contribution in [-0.2, 0) is 6.54 Å². The molecule has 4 heterocycles. The highest BCUT2D eigenvalue weighted by Crippen LogP contribution is 2.23. The van der Waals surface area contributed by atoms with Gasteiger partial charge in [-0.2, -0.15) is 4.98 Å². The fraction of sp³-hybridized carbons (Fsp3) is 0.300. The van der Waals surface area contributed by atoms with E-state index in [2.05, 4.69) is 25.0 Å². The van der Waals surface area contributed by atoms with Gasteiger partial charge in [-0.25, -0.2) is 13.8 Å². The fourth-order valence-corrected chi connectivity index (χ4v) is 4.22. The van der Waals surface area contributed by atoms with Crippen LogP contribution in [-0.4, -0.2) is 62.0 Å². The zero-order valence-corrected chi connectivity index (χ0v) is 17.1. The molecular weight excluding hydrogens is 426 g/mol. The number of amides is 1. The van der Waals surface area contributed by atoms with Crippen molar-refractivity contribution in [3.8, 4) is 10.7 Å². The Hall–Kier alpha value is -3.18. The maximum absolute atomic E-state index is 12.9. The molecule has 1 aliphatic rings. The number of piperazine rings is 1. The molecule has 0 atom stereocenters. The van der Waals surface area contributed by atoms with Crippen molar-refractivity contribution in [2.45, 2.75) is 13.0 Å². The summed E-state index contributed by atoms with van der Waals surface area (Å²) in [6.45, 7) is 2.97. The van der Waals surface area contributed by atoms with E-state index in [4.69, 9.17) is 4.52 Å². The van der Waals surface area contributed by atoms with E-state index in [-0.39, 0.29) is 5.91 Å². The van der Waals surface area contributed by atoms with E-state index in [1.54, 1.807) is 34.4 Å². The van der Waals surface area contributed by atoms with Gasteiger partial charge < -0.3 is 14.4 Å². The van der Waals surface area contributed by atoms with Gasteiger partial charge in [0, 0.05) is 31.7 Å². The molecule has 0 bridgehead atoms. The summed E-state index contributed by atoms with van der Waals surface area (Å²) in [5.74, 6) is 0.606. The van der Waals surface area contributed by atoms with Crippen molar-refractivity contribution in [2.75, 3.05) is 26.2 Å². The number of H-pyrrole nitrogens is 1. The van der Waals surface area contributed by atoms with Gasteiger partial charge in [-0.1, -0.05) is 11.2 Å². The number of rotatable bonds is 5. The third-order valence-electron chi connectivity index (χ3n) is 5.18. The van der Waals surface area contributed by atoms with Gasteiger partial charge in [0.15, 0.2) is 5.82 Å². The molecule has 0 spiro atoms. The van der Waals surface area contributed by atoms with Gasteiger partial charge in [0.25, 0.3) is 12.3 Å². The fourth-order valence-electron chi connectivity index (χ4n) is 3.57. The second-order valence-electron chi connectivity index (χ2n) is 7.21. The van der Waals surface area contributed by atoms with Crippen LogP contribution in [0.15, 0.2) is 40.2 Å². The van der Waals surface area contributed by atoms with Crippen LogP contribution in [0.1, 0.15) is 28.5 Å². The van der Waals surface area contributed by atoms with E-state index in [1.165, 1.54) is 0 Å². The number of benzene rings is 1. The summed E-state index contributed by atoms with van der Waals surface area (Å²) in [6.07, 6.45) is -2.68. The minimum absolute atomic E-state index is 0.132. The van der Waals surface area contributed by atoms with E-state index in [0.29, 0.717) is 61.0 Å². The van der Waals surface area contributed by atoms with Gasteiger partial charge in [0.2, 0.25) is 11.7 Å². The first-order valence-corrected chi connectivity index (χ1v) is 10.6. The summed E-state index contributed by atoms with van der Waals surface area (Å²) in [6, 6.07) is 8.67. The largest absolute Gasteiger partial charge is 0.338 e. The summed E-state index contributed by atoms with van der Waals surface area (Å²) < 4.78 is 31.0. The highest BCUT2D eigenvalue weighted by atomic mass is 32.1. The summed E-state index contributed by atoms with van der Waals surface area (Å²) in [5, 5.41) is 5.98. The van der Waals surface area contributed by atoms with Gasteiger partial charge in [-0.15, -0.1) is 11.3 Å². The lowest BCUT2D eigenvalue weighted by molar-refractivity contribution is 0.0615. The van der Waals surface area contributed by atoms with Gasteiger partial charge >= 0.3 is 0 Å². The minimum Gasteiger partial charge on any atom is -0.338 e. The van der Waals surface area contributed by atoms with E-state index >= 15 is 0 Å². The van der Waals surface area contributed by atoms with Crippen LogP contribution < -0.4 is 0 Å². The number of nitrogens with zero attached hydrogens (tertiary/aromatic N) is 5. The molecule has 1 N–H and O–H groups in total. The summed E-state index contributed by atoms with van der Waals surface area (Å²) in [4.78, 5) is 28.6. The van der Waals surface area contributed by atoms with Gasteiger partial charge in [-0.3, -0.25) is 9.69 Å². The van der Waals surface area contributed by atoms with Crippen molar-refractivity contribution in [2.24, 2.45) is 0 Å². The number of alkyl halides is 2. The molecule has 11 heteroatoms. The first kappa shape index (κ1) is 19.8. The molecule has 8 nitrogen and oxygen atoms in total. The van der Waals surface area contributed by atoms with E-state index in [0.717, 1.165) is 4.88 Å². The van der Waals surface area contributed by atoms with Crippen molar-refractivity contribution < 1.29 is 18.1 Å². The van der Waals surface area contributed by atoms with Crippen molar-refractivity contribution in [3.63, 3.8) is 0 Å². The second kappa shape index (κ2) is 8.16. The van der Waals surface area contributed by atoms with Crippen LogP contribution in [0.4, 0.5) is 8.78 Å². The number of hydrogen-bond acceptors (Lipinski definition) is 7.